The molecular formula is C27H46O7. The number of Topliss-reactive ketones (excluding diaryl/α,β-unsaturated/α-hetero) is 3. The van der Waals surface area contributed by atoms with Crippen molar-refractivity contribution in [2.45, 2.75) is 104 Å². The summed E-state index contributed by atoms with van der Waals surface area (Å²) < 4.78 is 23.3. The first kappa shape index (κ1) is 32.3. The topological polar surface area (TPSA) is 88.1 Å². The number of ketones is 3. The molecule has 0 rings (SSSR count). The van der Waals surface area contributed by atoms with Gasteiger partial charge >= 0.3 is 0 Å². The van der Waals surface area contributed by atoms with Crippen LogP contribution in [-0.2, 0) is 33.3 Å². The maximum absolute atomic E-state index is 13.3. The molecule has 0 spiro atoms. The summed E-state index contributed by atoms with van der Waals surface area (Å²) in [6, 6.07) is 0. The molecule has 0 fully saturated rings. The largest absolute Gasteiger partial charge is 0.365 e. The molecule has 0 aromatic heterocycles. The molecule has 196 valence electrons. The van der Waals surface area contributed by atoms with Gasteiger partial charge in [-0.1, -0.05) is 27.0 Å². The van der Waals surface area contributed by atoms with E-state index in [0.29, 0.717) is 24.0 Å². The van der Waals surface area contributed by atoms with E-state index in [0.717, 1.165) is 0 Å². The molecule has 0 N–H and O–H groups in total. The summed E-state index contributed by atoms with van der Waals surface area (Å²) in [4.78, 5) is 37.8. The molecule has 0 radical (unpaired) electrons. The molecular weight excluding hydrogens is 436 g/mol. The van der Waals surface area contributed by atoms with Gasteiger partial charge in [0, 0.05) is 0 Å². The van der Waals surface area contributed by atoms with Crippen molar-refractivity contribution in [3.63, 3.8) is 0 Å². The summed E-state index contributed by atoms with van der Waals surface area (Å²) >= 11 is 0. The van der Waals surface area contributed by atoms with Crippen molar-refractivity contribution < 1.29 is 33.3 Å². The van der Waals surface area contributed by atoms with Gasteiger partial charge in [0.2, 0.25) is 0 Å². The Morgan fingerprint density at radius 1 is 0.588 bits per heavy atom. The number of carbonyl (C=O) groups excluding carboxylic acids is 3. The first-order valence-corrected chi connectivity index (χ1v) is 11.9. The van der Waals surface area contributed by atoms with Gasteiger partial charge < -0.3 is 18.9 Å². The Kier molecular flexibility index (Phi) is 12.2. The lowest BCUT2D eigenvalue weighted by molar-refractivity contribution is -0.172. The first-order valence-electron chi connectivity index (χ1n) is 11.9. The monoisotopic (exact) mass is 482 g/mol. The van der Waals surface area contributed by atoms with Crippen LogP contribution in [0.25, 0.3) is 0 Å². The molecule has 0 bridgehead atoms. The van der Waals surface area contributed by atoms with Gasteiger partial charge in [-0.2, -0.15) is 0 Å². The highest BCUT2D eigenvalue weighted by Crippen LogP contribution is 2.27. The fraction of sp³-hybridized carbons (Fsp3) is 0.741. The van der Waals surface area contributed by atoms with Gasteiger partial charge in [0.1, 0.15) is 22.4 Å². The maximum atomic E-state index is 13.3. The van der Waals surface area contributed by atoms with Crippen LogP contribution in [0.4, 0.5) is 0 Å². The van der Waals surface area contributed by atoms with Crippen LogP contribution in [-0.4, -0.2) is 66.2 Å². The van der Waals surface area contributed by atoms with Crippen molar-refractivity contribution >= 4 is 17.3 Å². The molecule has 0 amide bonds. The molecule has 0 saturated heterocycles. The molecule has 0 aromatic carbocycles. The third-order valence-electron chi connectivity index (χ3n) is 6.11. The van der Waals surface area contributed by atoms with Gasteiger partial charge in [-0.05, 0) is 79.4 Å². The summed E-state index contributed by atoms with van der Waals surface area (Å²) in [6.07, 6.45) is 0.934. The van der Waals surface area contributed by atoms with E-state index in [9.17, 15) is 14.4 Å². The predicted molar refractivity (Wildman–Crippen MR) is 134 cm³/mol. The molecule has 0 saturated carbocycles. The molecule has 0 aliphatic carbocycles. The third-order valence-corrected chi connectivity index (χ3v) is 6.11. The number of rotatable bonds is 18. The van der Waals surface area contributed by atoms with Gasteiger partial charge in [0.25, 0.3) is 0 Å². The molecule has 7 heteroatoms. The molecule has 0 aliphatic heterocycles. The number of hydrogen-bond donors (Lipinski definition) is 0. The second kappa shape index (κ2) is 12.9. The molecule has 0 heterocycles. The van der Waals surface area contributed by atoms with E-state index in [-0.39, 0.29) is 43.8 Å². The molecule has 2 unspecified atom stereocenters. The summed E-state index contributed by atoms with van der Waals surface area (Å²) in [5.41, 5.74) is -3.35. The van der Waals surface area contributed by atoms with Crippen LogP contribution < -0.4 is 0 Å². The minimum Gasteiger partial charge on any atom is -0.365 e. The predicted octanol–water partition coefficient (Wildman–Crippen LogP) is 4.81. The van der Waals surface area contributed by atoms with Gasteiger partial charge in [0.15, 0.2) is 17.3 Å². The van der Waals surface area contributed by atoms with E-state index >= 15 is 0 Å². The third kappa shape index (κ3) is 8.84. The SMILES string of the molecule is C=C(C)C(=O)C(C)(C)OCCOC(C)(CC)C(=O)C(C)(C)OCCOC(C)(CC)C(=O)C(=C)C. The highest BCUT2D eigenvalue weighted by atomic mass is 16.6. The van der Waals surface area contributed by atoms with Crippen LogP contribution >= 0.6 is 0 Å². The highest BCUT2D eigenvalue weighted by Gasteiger charge is 2.43. The van der Waals surface area contributed by atoms with Crippen molar-refractivity contribution in [2.75, 3.05) is 26.4 Å². The Morgan fingerprint density at radius 2 is 0.941 bits per heavy atom. The van der Waals surface area contributed by atoms with Crippen LogP contribution in [0.1, 0.15) is 82.1 Å². The minimum atomic E-state index is -1.13. The summed E-state index contributed by atoms with van der Waals surface area (Å²) in [5, 5.41) is 0. The molecule has 2 atom stereocenters. The van der Waals surface area contributed by atoms with Gasteiger partial charge in [0.05, 0.1) is 26.4 Å². The number of hydrogen-bond acceptors (Lipinski definition) is 7. The smallest absolute Gasteiger partial charge is 0.195 e. The molecule has 7 nitrogen and oxygen atoms in total. The van der Waals surface area contributed by atoms with E-state index in [2.05, 4.69) is 13.2 Å². The van der Waals surface area contributed by atoms with Crippen molar-refractivity contribution in [2.24, 2.45) is 0 Å². The van der Waals surface area contributed by atoms with E-state index in [1.807, 2.05) is 13.8 Å². The van der Waals surface area contributed by atoms with E-state index in [4.69, 9.17) is 18.9 Å². The second-order valence-corrected chi connectivity index (χ2v) is 10.1. The second-order valence-electron chi connectivity index (χ2n) is 10.1. The van der Waals surface area contributed by atoms with Crippen LogP contribution in [0, 0.1) is 0 Å². The van der Waals surface area contributed by atoms with Gasteiger partial charge in [-0.3, -0.25) is 14.4 Å². The van der Waals surface area contributed by atoms with Gasteiger partial charge in [-0.15, -0.1) is 0 Å². The Hall–Kier alpha value is -1.67. The first-order chi connectivity index (χ1) is 15.4. The zero-order valence-corrected chi connectivity index (χ0v) is 23.0. The standard InChI is InChI=1S/C27H46O7/c1-13-26(11,22(29)20(5)6)33-17-16-32-25(9,10)23(30)27(12,14-2)34-18-15-31-24(7,8)21(28)19(3)4/h3,5,13-18H2,1-2,4,6-12H3. The maximum Gasteiger partial charge on any atom is 0.195 e. The number of ether oxygens (including phenoxy) is 4. The van der Waals surface area contributed by atoms with Crippen LogP contribution in [0.15, 0.2) is 24.3 Å². The normalized spacial score (nSPS) is 15.8. The van der Waals surface area contributed by atoms with Crippen molar-refractivity contribution in [1.82, 2.24) is 0 Å². The van der Waals surface area contributed by atoms with Crippen molar-refractivity contribution in [3.8, 4) is 0 Å². The zero-order chi connectivity index (χ0) is 27.0. The fourth-order valence-electron chi connectivity index (χ4n) is 3.52. The lowest BCUT2D eigenvalue weighted by Gasteiger charge is -2.36. The number of carbonyl (C=O) groups is 3. The minimum absolute atomic E-state index is 0.137. The summed E-state index contributed by atoms with van der Waals surface area (Å²) in [5.74, 6) is -0.536. The van der Waals surface area contributed by atoms with Crippen LogP contribution in [0.3, 0.4) is 0 Å². The average molecular weight is 483 g/mol. The lowest BCUT2D eigenvalue weighted by atomic mass is 9.86. The van der Waals surface area contributed by atoms with Crippen molar-refractivity contribution in [3.05, 3.63) is 24.3 Å². The fourth-order valence-corrected chi connectivity index (χ4v) is 3.52. The zero-order valence-electron chi connectivity index (χ0n) is 23.0. The Bertz CT molecular complexity index is 765. The average Bonchev–Trinajstić information content (AvgIpc) is 2.77. The highest BCUT2D eigenvalue weighted by molar-refractivity contribution is 6.01. The van der Waals surface area contributed by atoms with Crippen LogP contribution in [0.5, 0.6) is 0 Å². The molecule has 34 heavy (non-hydrogen) atoms. The van der Waals surface area contributed by atoms with Crippen molar-refractivity contribution in [1.29, 1.82) is 0 Å². The van der Waals surface area contributed by atoms with Gasteiger partial charge in [-0.25, -0.2) is 0 Å². The van der Waals surface area contributed by atoms with E-state index in [1.165, 1.54) is 0 Å². The Balaban J connectivity index is 4.93. The van der Waals surface area contributed by atoms with E-state index in [1.54, 1.807) is 55.4 Å². The molecule has 0 aliphatic rings. The van der Waals surface area contributed by atoms with Crippen LogP contribution in [0.2, 0.25) is 0 Å². The quantitative estimate of drug-likeness (QED) is 0.205. The lowest BCUT2D eigenvalue weighted by Crippen LogP contribution is -2.51. The Morgan fingerprint density at radius 3 is 1.32 bits per heavy atom. The summed E-state index contributed by atoms with van der Waals surface area (Å²) in [6.45, 7) is 25.2. The van der Waals surface area contributed by atoms with E-state index < -0.39 is 22.4 Å². The Labute approximate surface area is 206 Å². The molecule has 0 aromatic rings. The summed E-state index contributed by atoms with van der Waals surface area (Å²) in [7, 11) is 0.